The minimum Gasteiger partial charge on any atom is -0.481 e. The number of hydrogen-bond acceptors (Lipinski definition) is 3. The highest BCUT2D eigenvalue weighted by atomic mass is 19.1. The first kappa shape index (κ1) is 17.8. The number of anilines is 1. The molecule has 1 aliphatic heterocycles. The zero-order valence-electron chi connectivity index (χ0n) is 14.1. The van der Waals surface area contributed by atoms with Crippen molar-refractivity contribution in [2.45, 2.75) is 12.8 Å². The molecule has 7 nitrogen and oxygen atoms in total. The number of urea groups is 1. The number of carboxylic acids is 1. The van der Waals surface area contributed by atoms with Crippen LogP contribution in [0.25, 0.3) is 11.3 Å². The Hall–Kier alpha value is -2.97. The minimum absolute atomic E-state index is 0.117. The van der Waals surface area contributed by atoms with E-state index in [9.17, 15) is 18.4 Å². The molecular weight excluding hydrogens is 346 g/mol. The molecule has 9 heteroatoms. The molecule has 1 saturated heterocycles. The first-order valence-electron chi connectivity index (χ1n) is 8.13. The second-order valence-corrected chi connectivity index (χ2v) is 6.22. The van der Waals surface area contributed by atoms with Gasteiger partial charge in [0, 0.05) is 37.8 Å². The lowest BCUT2D eigenvalue weighted by atomic mass is 9.99. The molecule has 0 saturated carbocycles. The topological polar surface area (TPSA) is 87.5 Å². The van der Waals surface area contributed by atoms with Crippen LogP contribution in [0, 0.1) is 17.6 Å². The molecule has 2 amide bonds. The molecule has 1 aromatic carbocycles. The van der Waals surface area contributed by atoms with Crippen LogP contribution in [0.2, 0.25) is 0 Å². The summed E-state index contributed by atoms with van der Waals surface area (Å²) < 4.78 is 28.3. The van der Waals surface area contributed by atoms with Crippen LogP contribution in [0.3, 0.4) is 0 Å². The number of halogens is 2. The van der Waals surface area contributed by atoms with Crippen molar-refractivity contribution < 1.29 is 23.5 Å². The largest absolute Gasteiger partial charge is 0.481 e. The van der Waals surface area contributed by atoms with Crippen LogP contribution >= 0.6 is 0 Å². The summed E-state index contributed by atoms with van der Waals surface area (Å²) in [6.45, 7) is 0.603. The summed E-state index contributed by atoms with van der Waals surface area (Å²) in [7, 11) is 1.58. The van der Waals surface area contributed by atoms with Crippen molar-refractivity contribution >= 4 is 17.8 Å². The normalized spacial score (nSPS) is 17.2. The number of nitrogens with zero attached hydrogens (tertiary/aromatic N) is 3. The van der Waals surface area contributed by atoms with Crippen molar-refractivity contribution in [3.8, 4) is 11.3 Å². The molecule has 138 valence electrons. The number of nitrogens with one attached hydrogen (secondary N) is 1. The Morgan fingerprint density at radius 3 is 2.77 bits per heavy atom. The number of piperidine rings is 1. The van der Waals surface area contributed by atoms with Gasteiger partial charge >= 0.3 is 12.0 Å². The van der Waals surface area contributed by atoms with E-state index < -0.39 is 29.6 Å². The van der Waals surface area contributed by atoms with E-state index in [1.807, 2.05) is 0 Å². The van der Waals surface area contributed by atoms with E-state index in [0.29, 0.717) is 25.2 Å². The Bertz CT molecular complexity index is 853. The second kappa shape index (κ2) is 7.11. The van der Waals surface area contributed by atoms with Gasteiger partial charge in [-0.3, -0.25) is 14.8 Å². The lowest BCUT2D eigenvalue weighted by Crippen LogP contribution is -2.44. The van der Waals surface area contributed by atoms with Gasteiger partial charge in [0.2, 0.25) is 0 Å². The number of aromatic nitrogens is 2. The molecule has 0 radical (unpaired) electrons. The average Bonchev–Trinajstić information content (AvgIpc) is 2.95. The molecule has 1 fully saturated rings. The summed E-state index contributed by atoms with van der Waals surface area (Å²) in [5.41, 5.74) is 0.369. The fourth-order valence-electron chi connectivity index (χ4n) is 2.96. The maximum Gasteiger partial charge on any atom is 0.323 e. The minimum atomic E-state index is -0.919. The smallest absolute Gasteiger partial charge is 0.323 e. The molecule has 2 heterocycles. The summed E-state index contributed by atoms with van der Waals surface area (Å²) in [5, 5.41) is 15.9. The maximum absolute atomic E-state index is 13.9. The molecule has 3 rings (SSSR count). The number of benzene rings is 1. The number of amides is 2. The number of hydrogen-bond donors (Lipinski definition) is 2. The van der Waals surface area contributed by atoms with Gasteiger partial charge in [-0.2, -0.15) is 5.10 Å². The van der Waals surface area contributed by atoms with E-state index in [1.165, 1.54) is 21.7 Å². The van der Waals surface area contributed by atoms with Gasteiger partial charge in [-0.1, -0.05) is 0 Å². The Kier molecular flexibility index (Phi) is 4.88. The van der Waals surface area contributed by atoms with E-state index in [0.717, 1.165) is 12.1 Å². The number of carboxylic acid groups (broad SMARTS) is 1. The average molecular weight is 364 g/mol. The second-order valence-electron chi connectivity index (χ2n) is 6.22. The molecule has 1 unspecified atom stereocenters. The molecule has 1 aromatic heterocycles. The quantitative estimate of drug-likeness (QED) is 0.877. The number of carbonyl (C=O) groups is 2. The molecule has 26 heavy (non-hydrogen) atoms. The zero-order chi connectivity index (χ0) is 18.8. The van der Waals surface area contributed by atoms with Crippen molar-refractivity contribution in [3.05, 3.63) is 35.9 Å². The summed E-state index contributed by atoms with van der Waals surface area (Å²) in [4.78, 5) is 25.0. The van der Waals surface area contributed by atoms with Crippen molar-refractivity contribution in [1.29, 1.82) is 0 Å². The Morgan fingerprint density at radius 2 is 2.08 bits per heavy atom. The first-order valence-corrected chi connectivity index (χ1v) is 8.13. The van der Waals surface area contributed by atoms with E-state index in [2.05, 4.69) is 10.4 Å². The van der Waals surface area contributed by atoms with Crippen LogP contribution < -0.4 is 5.32 Å². The summed E-state index contributed by atoms with van der Waals surface area (Å²) in [6.07, 6.45) is 1.15. The van der Waals surface area contributed by atoms with Crippen LogP contribution in [-0.2, 0) is 11.8 Å². The standard InChI is InChI=1S/C17H18F2N4O3/c1-22-15(8-14(21-22)12-5-4-11(18)7-13(12)19)20-17(26)23-6-2-3-10(9-23)16(24)25/h4-5,7-8,10H,2-3,6,9H2,1H3,(H,20,26)(H,24,25). The van der Waals surface area contributed by atoms with Gasteiger partial charge in [-0.05, 0) is 25.0 Å². The molecule has 1 aliphatic rings. The highest BCUT2D eigenvalue weighted by molar-refractivity contribution is 5.89. The molecular formula is C17H18F2N4O3. The predicted octanol–water partition coefficient (Wildman–Crippen LogP) is 2.69. The summed E-state index contributed by atoms with van der Waals surface area (Å²) in [5.74, 6) is -2.61. The fourth-order valence-corrected chi connectivity index (χ4v) is 2.96. The van der Waals surface area contributed by atoms with Gasteiger partial charge < -0.3 is 10.0 Å². The number of rotatable bonds is 3. The third-order valence-electron chi connectivity index (χ3n) is 4.38. The van der Waals surface area contributed by atoms with E-state index >= 15 is 0 Å². The van der Waals surface area contributed by atoms with Crippen LogP contribution in [0.4, 0.5) is 19.4 Å². The lowest BCUT2D eigenvalue weighted by Gasteiger charge is -2.30. The summed E-state index contributed by atoms with van der Waals surface area (Å²) >= 11 is 0. The van der Waals surface area contributed by atoms with Crippen LogP contribution in [0.5, 0.6) is 0 Å². The Morgan fingerprint density at radius 1 is 1.31 bits per heavy atom. The van der Waals surface area contributed by atoms with Gasteiger partial charge in [-0.15, -0.1) is 0 Å². The Balaban J connectivity index is 1.75. The highest BCUT2D eigenvalue weighted by Crippen LogP contribution is 2.25. The molecule has 1 atom stereocenters. The van der Waals surface area contributed by atoms with Gasteiger partial charge in [0.1, 0.15) is 17.5 Å². The molecule has 0 spiro atoms. The monoisotopic (exact) mass is 364 g/mol. The number of carbonyl (C=O) groups excluding carboxylic acids is 1. The van der Waals surface area contributed by atoms with Crippen molar-refractivity contribution in [1.82, 2.24) is 14.7 Å². The van der Waals surface area contributed by atoms with Crippen molar-refractivity contribution in [2.24, 2.45) is 13.0 Å². The highest BCUT2D eigenvalue weighted by Gasteiger charge is 2.28. The number of aliphatic carboxylic acids is 1. The molecule has 0 aliphatic carbocycles. The Labute approximate surface area is 148 Å². The SMILES string of the molecule is Cn1nc(-c2ccc(F)cc2F)cc1NC(=O)N1CCCC(C(=O)O)C1. The maximum atomic E-state index is 13.9. The van der Waals surface area contributed by atoms with Crippen molar-refractivity contribution in [3.63, 3.8) is 0 Å². The molecule has 2 aromatic rings. The van der Waals surface area contributed by atoms with Gasteiger partial charge in [-0.25, -0.2) is 13.6 Å². The van der Waals surface area contributed by atoms with Crippen LogP contribution in [-0.4, -0.2) is 44.9 Å². The molecule has 0 bridgehead atoms. The van der Waals surface area contributed by atoms with Crippen LogP contribution in [0.15, 0.2) is 24.3 Å². The van der Waals surface area contributed by atoms with Gasteiger partial charge in [0.15, 0.2) is 0 Å². The van der Waals surface area contributed by atoms with Crippen LogP contribution in [0.1, 0.15) is 12.8 Å². The van der Waals surface area contributed by atoms with Gasteiger partial charge in [0.25, 0.3) is 0 Å². The van der Waals surface area contributed by atoms with Gasteiger partial charge in [0.05, 0.1) is 11.6 Å². The van der Waals surface area contributed by atoms with E-state index in [4.69, 9.17) is 5.11 Å². The molecule has 2 N–H and O–H groups in total. The van der Waals surface area contributed by atoms with E-state index in [-0.39, 0.29) is 17.8 Å². The summed E-state index contributed by atoms with van der Waals surface area (Å²) in [6, 6.07) is 4.21. The zero-order valence-corrected chi connectivity index (χ0v) is 14.1. The van der Waals surface area contributed by atoms with Crippen molar-refractivity contribution in [2.75, 3.05) is 18.4 Å². The number of aryl methyl sites for hydroxylation is 1. The lowest BCUT2D eigenvalue weighted by molar-refractivity contribution is -0.143. The third kappa shape index (κ3) is 3.66. The fraction of sp³-hybridized carbons (Fsp3) is 0.353. The van der Waals surface area contributed by atoms with E-state index in [1.54, 1.807) is 7.05 Å². The third-order valence-corrected chi connectivity index (χ3v) is 4.38. The number of likely N-dealkylation sites (tertiary alicyclic amines) is 1. The predicted molar refractivity (Wildman–Crippen MR) is 89.5 cm³/mol. The first-order chi connectivity index (χ1) is 12.3.